The maximum atomic E-state index is 14.7. The van der Waals surface area contributed by atoms with E-state index < -0.39 is 22.9 Å². The standard InChI is InChI=1S/C35H26ClFN4O3S/c36-28-17-10-18-29(37)27(28)22-30(40-33(42)24-13-5-2-6-14-24)34(43)39-25-15-9-16-26(21-25)45-32(23-11-3-1-4-12-23)35(44)41-31-19-7-8-20-38-31/h1-22,32H,(H,39,43)(H,40,42)(H,38,41,44)/b30-22+. The molecule has 0 aliphatic carbocycles. The number of carbonyl (C=O) groups is 3. The topological polar surface area (TPSA) is 100 Å². The van der Waals surface area contributed by atoms with E-state index in [1.54, 1.807) is 72.9 Å². The largest absolute Gasteiger partial charge is 0.321 e. The summed E-state index contributed by atoms with van der Waals surface area (Å²) in [5, 5.41) is 7.65. The molecular formula is C35H26ClFN4O3S. The number of pyridine rings is 1. The predicted octanol–water partition coefficient (Wildman–Crippen LogP) is 7.76. The zero-order chi connectivity index (χ0) is 31.6. The number of anilines is 2. The summed E-state index contributed by atoms with van der Waals surface area (Å²) in [7, 11) is 0. The summed E-state index contributed by atoms with van der Waals surface area (Å²) in [6, 6.07) is 33.9. The highest BCUT2D eigenvalue weighted by Crippen LogP contribution is 2.37. The minimum atomic E-state index is -0.701. The molecule has 1 atom stereocenters. The van der Waals surface area contributed by atoms with Crippen LogP contribution in [-0.2, 0) is 9.59 Å². The van der Waals surface area contributed by atoms with E-state index in [1.807, 2.05) is 36.4 Å². The molecule has 0 saturated carbocycles. The van der Waals surface area contributed by atoms with Gasteiger partial charge >= 0.3 is 0 Å². The van der Waals surface area contributed by atoms with E-state index in [9.17, 15) is 18.8 Å². The number of aromatic nitrogens is 1. The molecule has 4 aromatic carbocycles. The van der Waals surface area contributed by atoms with E-state index in [-0.39, 0.29) is 22.2 Å². The van der Waals surface area contributed by atoms with Crippen molar-refractivity contribution in [3.05, 3.63) is 161 Å². The number of amides is 3. The second kappa shape index (κ2) is 15.0. The molecule has 7 nitrogen and oxygen atoms in total. The third kappa shape index (κ3) is 8.44. The molecule has 0 fully saturated rings. The van der Waals surface area contributed by atoms with Crippen LogP contribution in [0.4, 0.5) is 15.9 Å². The van der Waals surface area contributed by atoms with Crippen molar-refractivity contribution >= 4 is 58.7 Å². The van der Waals surface area contributed by atoms with Crippen molar-refractivity contribution in [2.75, 3.05) is 10.6 Å². The monoisotopic (exact) mass is 636 g/mol. The van der Waals surface area contributed by atoms with Gasteiger partial charge in [-0.1, -0.05) is 78.3 Å². The lowest BCUT2D eigenvalue weighted by molar-refractivity contribution is -0.116. The van der Waals surface area contributed by atoms with Crippen LogP contribution < -0.4 is 16.0 Å². The van der Waals surface area contributed by atoms with E-state index >= 15 is 0 Å². The number of halogens is 2. The van der Waals surface area contributed by atoms with E-state index in [4.69, 9.17) is 11.6 Å². The summed E-state index contributed by atoms with van der Waals surface area (Å²) in [5.41, 5.74) is 1.21. The second-order valence-corrected chi connectivity index (χ2v) is 11.2. The Kier molecular flexibility index (Phi) is 10.4. The molecule has 3 N–H and O–H groups in total. The van der Waals surface area contributed by atoms with Crippen LogP contribution in [0, 0.1) is 5.82 Å². The van der Waals surface area contributed by atoms with Crippen molar-refractivity contribution < 1.29 is 18.8 Å². The van der Waals surface area contributed by atoms with Crippen molar-refractivity contribution in [1.82, 2.24) is 10.3 Å². The van der Waals surface area contributed by atoms with Crippen LogP contribution in [0.3, 0.4) is 0 Å². The molecule has 224 valence electrons. The molecule has 0 saturated heterocycles. The van der Waals surface area contributed by atoms with Gasteiger partial charge < -0.3 is 16.0 Å². The lowest BCUT2D eigenvalue weighted by Gasteiger charge is -2.17. The molecule has 1 heterocycles. The van der Waals surface area contributed by atoms with Gasteiger partial charge in [-0.2, -0.15) is 0 Å². The summed E-state index contributed by atoms with van der Waals surface area (Å²) in [6.07, 6.45) is 2.79. The van der Waals surface area contributed by atoms with E-state index in [1.165, 1.54) is 36.0 Å². The van der Waals surface area contributed by atoms with Gasteiger partial charge in [0.1, 0.15) is 22.6 Å². The third-order valence-electron chi connectivity index (χ3n) is 6.42. The van der Waals surface area contributed by atoms with E-state index in [0.717, 1.165) is 5.56 Å². The third-order valence-corrected chi connectivity index (χ3v) is 8.00. The Hall–Kier alpha value is -5.25. The fourth-order valence-electron chi connectivity index (χ4n) is 4.25. The number of hydrogen-bond acceptors (Lipinski definition) is 5. The quantitative estimate of drug-likeness (QED) is 0.107. The first-order valence-electron chi connectivity index (χ1n) is 13.7. The number of carbonyl (C=O) groups excluding carboxylic acids is 3. The van der Waals surface area contributed by atoms with Gasteiger partial charge in [0, 0.05) is 27.9 Å². The molecule has 45 heavy (non-hydrogen) atoms. The Morgan fingerprint density at radius 3 is 2.22 bits per heavy atom. The first kappa shape index (κ1) is 31.2. The van der Waals surface area contributed by atoms with Gasteiger partial charge in [-0.15, -0.1) is 11.8 Å². The van der Waals surface area contributed by atoms with Gasteiger partial charge in [0.05, 0.1) is 5.02 Å². The van der Waals surface area contributed by atoms with Crippen LogP contribution in [0.2, 0.25) is 5.02 Å². The molecule has 3 amide bonds. The SMILES string of the molecule is O=C(Nc1cccc(SC(C(=O)Nc2ccccn2)c2ccccc2)c1)/C(=C\c1c(F)cccc1Cl)NC(=O)c1ccccc1. The van der Waals surface area contributed by atoms with Gasteiger partial charge in [0.15, 0.2) is 0 Å². The fourth-order valence-corrected chi connectivity index (χ4v) is 5.55. The lowest BCUT2D eigenvalue weighted by atomic mass is 10.1. The minimum Gasteiger partial charge on any atom is -0.321 e. The Balaban J connectivity index is 1.40. The number of rotatable bonds is 10. The summed E-state index contributed by atoms with van der Waals surface area (Å²) in [5.74, 6) is -1.76. The Morgan fingerprint density at radius 1 is 0.800 bits per heavy atom. The maximum absolute atomic E-state index is 14.7. The first-order valence-corrected chi connectivity index (χ1v) is 15.0. The van der Waals surface area contributed by atoms with Crippen LogP contribution in [0.15, 0.2) is 138 Å². The molecule has 0 radical (unpaired) electrons. The highest BCUT2D eigenvalue weighted by atomic mass is 35.5. The highest BCUT2D eigenvalue weighted by molar-refractivity contribution is 8.00. The fraction of sp³-hybridized carbons (Fsp3) is 0.0286. The van der Waals surface area contributed by atoms with Crippen molar-refractivity contribution in [2.24, 2.45) is 0 Å². The molecule has 10 heteroatoms. The summed E-state index contributed by atoms with van der Waals surface area (Å²) in [4.78, 5) is 44.8. The Labute approximate surface area is 268 Å². The zero-order valence-electron chi connectivity index (χ0n) is 23.6. The van der Waals surface area contributed by atoms with Gasteiger partial charge in [-0.05, 0) is 66.2 Å². The molecule has 0 aliphatic rings. The molecule has 5 rings (SSSR count). The summed E-state index contributed by atoms with van der Waals surface area (Å²) >= 11 is 7.51. The number of nitrogens with zero attached hydrogens (tertiary/aromatic N) is 1. The maximum Gasteiger partial charge on any atom is 0.272 e. The predicted molar refractivity (Wildman–Crippen MR) is 176 cm³/mol. The number of hydrogen-bond donors (Lipinski definition) is 3. The van der Waals surface area contributed by atoms with Crippen LogP contribution in [0.25, 0.3) is 6.08 Å². The van der Waals surface area contributed by atoms with Crippen molar-refractivity contribution in [3.8, 4) is 0 Å². The number of thioether (sulfide) groups is 1. The first-order chi connectivity index (χ1) is 21.9. The Bertz CT molecular complexity index is 1820. The average Bonchev–Trinajstić information content (AvgIpc) is 3.06. The molecule has 1 aromatic heterocycles. The average molecular weight is 637 g/mol. The van der Waals surface area contributed by atoms with Gasteiger partial charge in [0.2, 0.25) is 5.91 Å². The van der Waals surface area contributed by atoms with Crippen LogP contribution >= 0.6 is 23.4 Å². The number of nitrogens with one attached hydrogen (secondary N) is 3. The van der Waals surface area contributed by atoms with E-state index in [0.29, 0.717) is 22.0 Å². The molecule has 1 unspecified atom stereocenters. The minimum absolute atomic E-state index is 0.0494. The smallest absolute Gasteiger partial charge is 0.272 e. The normalized spacial score (nSPS) is 11.7. The van der Waals surface area contributed by atoms with Gasteiger partial charge in [-0.3, -0.25) is 14.4 Å². The van der Waals surface area contributed by atoms with Gasteiger partial charge in [0.25, 0.3) is 11.8 Å². The van der Waals surface area contributed by atoms with Crippen molar-refractivity contribution in [2.45, 2.75) is 10.1 Å². The van der Waals surface area contributed by atoms with Crippen molar-refractivity contribution in [3.63, 3.8) is 0 Å². The number of benzene rings is 4. The van der Waals surface area contributed by atoms with Crippen LogP contribution in [0.1, 0.15) is 26.7 Å². The van der Waals surface area contributed by atoms with Gasteiger partial charge in [-0.25, -0.2) is 9.37 Å². The molecule has 0 aliphatic heterocycles. The highest BCUT2D eigenvalue weighted by Gasteiger charge is 2.23. The summed E-state index contributed by atoms with van der Waals surface area (Å²) in [6.45, 7) is 0. The van der Waals surface area contributed by atoms with Crippen LogP contribution in [-0.4, -0.2) is 22.7 Å². The Morgan fingerprint density at radius 2 is 1.51 bits per heavy atom. The molecule has 0 bridgehead atoms. The molecule has 5 aromatic rings. The molecular weight excluding hydrogens is 611 g/mol. The second-order valence-electron chi connectivity index (χ2n) is 9.61. The lowest BCUT2D eigenvalue weighted by Crippen LogP contribution is -2.30. The summed E-state index contributed by atoms with van der Waals surface area (Å²) < 4.78 is 14.7. The van der Waals surface area contributed by atoms with E-state index in [2.05, 4.69) is 20.9 Å². The van der Waals surface area contributed by atoms with Crippen molar-refractivity contribution in [1.29, 1.82) is 0 Å². The molecule has 0 spiro atoms. The zero-order valence-corrected chi connectivity index (χ0v) is 25.2. The van der Waals surface area contributed by atoms with Crippen LogP contribution in [0.5, 0.6) is 0 Å².